The number of esters is 1. The van der Waals surface area contributed by atoms with Crippen molar-refractivity contribution in [2.45, 2.75) is 49.5 Å². The Balaban J connectivity index is 1.09. The highest BCUT2D eigenvalue weighted by molar-refractivity contribution is 7.89. The van der Waals surface area contributed by atoms with Crippen LogP contribution in [0.25, 0.3) is 0 Å². The van der Waals surface area contributed by atoms with Gasteiger partial charge in [0.1, 0.15) is 37.4 Å². The number of carbonyl (C=O) groups is 2. The van der Waals surface area contributed by atoms with Crippen molar-refractivity contribution in [1.82, 2.24) is 9.62 Å². The van der Waals surface area contributed by atoms with E-state index in [0.29, 0.717) is 43.0 Å². The maximum absolute atomic E-state index is 13.9. The molecule has 5 aromatic carbocycles. The lowest BCUT2D eigenvalue weighted by molar-refractivity contribution is 0.0467. The Bertz CT molecular complexity index is 2190. The number of amides is 1. The molecule has 1 N–H and O–H groups in total. The third kappa shape index (κ3) is 11.2. The summed E-state index contributed by atoms with van der Waals surface area (Å²) in [6, 6.07) is 39.8. The lowest BCUT2D eigenvalue weighted by atomic mass is 10.1. The molecule has 5 aromatic rings. The van der Waals surface area contributed by atoms with Crippen molar-refractivity contribution in [3.8, 4) is 17.6 Å². The number of nitriles is 1. The number of ether oxygens (including phenoxy) is 4. The lowest BCUT2D eigenvalue weighted by Gasteiger charge is -2.31. The third-order valence-electron chi connectivity index (χ3n) is 8.96. The Morgan fingerprint density at radius 1 is 0.745 bits per heavy atom. The van der Waals surface area contributed by atoms with Crippen molar-refractivity contribution in [3.63, 3.8) is 0 Å². The Kier molecular flexibility index (Phi) is 13.1. The van der Waals surface area contributed by atoms with Gasteiger partial charge in [0.15, 0.2) is 0 Å². The second-order valence-corrected chi connectivity index (χ2v) is 14.7. The number of nitrogens with one attached hydrogen (secondary N) is 1. The van der Waals surface area contributed by atoms with Crippen LogP contribution in [0.2, 0.25) is 0 Å². The molecule has 0 saturated carbocycles. The van der Waals surface area contributed by atoms with Gasteiger partial charge >= 0.3 is 12.1 Å². The Morgan fingerprint density at radius 3 is 2.05 bits per heavy atom. The van der Waals surface area contributed by atoms with Gasteiger partial charge < -0.3 is 23.8 Å². The minimum Gasteiger partial charge on any atom is -0.492 e. The average molecular weight is 760 g/mol. The molecule has 0 bridgehead atoms. The number of piperidine rings is 1. The van der Waals surface area contributed by atoms with E-state index in [4.69, 9.17) is 18.9 Å². The first-order chi connectivity index (χ1) is 26.8. The van der Waals surface area contributed by atoms with E-state index in [2.05, 4.69) is 10.8 Å². The number of nitrogens with zero attached hydrogens (tertiary/aromatic N) is 2. The summed E-state index contributed by atoms with van der Waals surface area (Å²) in [4.78, 5) is 27.2. The highest BCUT2D eigenvalue weighted by Gasteiger charge is 2.28. The molecule has 0 spiro atoms. The van der Waals surface area contributed by atoms with E-state index >= 15 is 0 Å². The van der Waals surface area contributed by atoms with Crippen molar-refractivity contribution in [1.29, 1.82) is 5.26 Å². The summed E-state index contributed by atoms with van der Waals surface area (Å²) in [6.07, 6.45) is 1.11. The van der Waals surface area contributed by atoms with Crippen LogP contribution in [0.3, 0.4) is 0 Å². The summed E-state index contributed by atoms with van der Waals surface area (Å²) in [5.74, 6) is 0.293. The number of rotatable bonds is 15. The largest absolute Gasteiger partial charge is 0.492 e. The number of hydrogen-bond donors (Lipinski definition) is 1. The van der Waals surface area contributed by atoms with Crippen molar-refractivity contribution in [2.24, 2.45) is 0 Å². The van der Waals surface area contributed by atoms with E-state index in [9.17, 15) is 23.3 Å². The summed E-state index contributed by atoms with van der Waals surface area (Å²) >= 11 is 0. The normalized spacial score (nSPS) is 13.6. The Morgan fingerprint density at radius 2 is 1.38 bits per heavy atom. The maximum Gasteiger partial charge on any atom is 0.410 e. The lowest BCUT2D eigenvalue weighted by Crippen LogP contribution is -2.42. The molecule has 55 heavy (non-hydrogen) atoms. The van der Waals surface area contributed by atoms with Crippen LogP contribution in [-0.4, -0.2) is 57.2 Å². The maximum atomic E-state index is 13.9. The standard InChI is InChI=1S/C43H41N3O8S/c44-28-35-14-9-15-39(27-35)51-31-36(45-55(49,50)41-17-8-7-16-40(41)42(47)52-29-33-10-3-1-4-11-33)26-32-18-20-37(21-19-32)54-38-22-24-46(25-23-38)43(48)53-30-34-12-5-2-6-13-34/h1-21,27,36,38,45H,22-26,29-31H2/t36-/m0/s1. The molecule has 11 nitrogen and oxygen atoms in total. The molecule has 6 rings (SSSR count). The van der Waals surface area contributed by atoms with Gasteiger partial charge in [0, 0.05) is 25.9 Å². The molecule has 1 aliphatic heterocycles. The predicted octanol–water partition coefficient (Wildman–Crippen LogP) is 7.06. The summed E-state index contributed by atoms with van der Waals surface area (Å²) in [6.45, 7) is 1.18. The van der Waals surface area contributed by atoms with E-state index in [1.54, 1.807) is 41.3 Å². The fourth-order valence-corrected chi connectivity index (χ4v) is 7.50. The average Bonchev–Trinajstić information content (AvgIpc) is 3.22. The SMILES string of the molecule is N#Cc1cccc(OC[C@H](Cc2ccc(OC3CCN(C(=O)OCc4ccccc4)CC3)cc2)NS(=O)(=O)c2ccccc2C(=O)OCc2ccccc2)c1. The van der Waals surface area contributed by atoms with E-state index in [1.165, 1.54) is 12.1 Å². The molecule has 0 aliphatic carbocycles. The fourth-order valence-electron chi connectivity index (χ4n) is 6.09. The monoisotopic (exact) mass is 759 g/mol. The summed E-state index contributed by atoms with van der Waals surface area (Å²) < 4.78 is 53.7. The van der Waals surface area contributed by atoms with Gasteiger partial charge in [-0.2, -0.15) is 5.26 Å². The van der Waals surface area contributed by atoms with Gasteiger partial charge in [0.2, 0.25) is 10.0 Å². The minimum absolute atomic E-state index is 0.0115. The number of likely N-dealkylation sites (tertiary alicyclic amines) is 1. The second kappa shape index (κ2) is 18.7. The van der Waals surface area contributed by atoms with Crippen LogP contribution in [0, 0.1) is 11.3 Å². The first-order valence-electron chi connectivity index (χ1n) is 17.9. The molecule has 1 heterocycles. The number of sulfonamides is 1. The van der Waals surface area contributed by atoms with Crippen molar-refractivity contribution < 1.29 is 37.0 Å². The Hall–Kier alpha value is -6.16. The quantitative estimate of drug-likeness (QED) is 0.111. The first-order valence-corrected chi connectivity index (χ1v) is 19.4. The molecule has 1 atom stereocenters. The third-order valence-corrected chi connectivity index (χ3v) is 10.5. The highest BCUT2D eigenvalue weighted by atomic mass is 32.2. The topological polar surface area (TPSA) is 144 Å². The molecular weight excluding hydrogens is 719 g/mol. The van der Waals surface area contributed by atoms with Gasteiger partial charge in [0.25, 0.3) is 0 Å². The summed E-state index contributed by atoms with van der Waals surface area (Å²) in [5, 5.41) is 9.34. The first kappa shape index (κ1) is 38.6. The van der Waals surface area contributed by atoms with Gasteiger partial charge in [-0.05, 0) is 65.6 Å². The van der Waals surface area contributed by atoms with Crippen LogP contribution in [0.1, 0.15) is 45.5 Å². The van der Waals surface area contributed by atoms with Crippen LogP contribution < -0.4 is 14.2 Å². The smallest absolute Gasteiger partial charge is 0.410 e. The van der Waals surface area contributed by atoms with Gasteiger partial charge in [-0.3, -0.25) is 0 Å². The predicted molar refractivity (Wildman–Crippen MR) is 205 cm³/mol. The van der Waals surface area contributed by atoms with Gasteiger partial charge in [0.05, 0.1) is 28.1 Å². The Labute approximate surface area is 321 Å². The zero-order valence-electron chi connectivity index (χ0n) is 30.1. The molecular formula is C43H41N3O8S. The molecule has 0 unspecified atom stereocenters. The van der Waals surface area contributed by atoms with Crippen LogP contribution in [0.15, 0.2) is 138 Å². The van der Waals surface area contributed by atoms with Crippen molar-refractivity contribution in [3.05, 3.63) is 161 Å². The zero-order valence-corrected chi connectivity index (χ0v) is 30.9. The second-order valence-electron chi connectivity index (χ2n) is 13.0. The summed E-state index contributed by atoms with van der Waals surface area (Å²) in [7, 11) is -4.26. The van der Waals surface area contributed by atoms with E-state index in [-0.39, 0.29) is 48.9 Å². The van der Waals surface area contributed by atoms with Crippen LogP contribution in [0.4, 0.5) is 4.79 Å². The van der Waals surface area contributed by atoms with Gasteiger partial charge in [-0.25, -0.2) is 22.7 Å². The molecule has 0 radical (unpaired) electrons. The number of hydrogen-bond acceptors (Lipinski definition) is 9. The van der Waals surface area contributed by atoms with Crippen LogP contribution in [0.5, 0.6) is 11.5 Å². The minimum atomic E-state index is -4.26. The molecule has 1 saturated heterocycles. The molecule has 1 aliphatic rings. The molecule has 1 amide bonds. The fraction of sp³-hybridized carbons (Fsp3) is 0.233. The number of carbonyl (C=O) groups excluding carboxylic acids is 2. The van der Waals surface area contributed by atoms with E-state index in [0.717, 1.165) is 16.7 Å². The molecule has 0 aromatic heterocycles. The van der Waals surface area contributed by atoms with Crippen LogP contribution in [-0.2, 0) is 39.1 Å². The van der Waals surface area contributed by atoms with Crippen LogP contribution >= 0.6 is 0 Å². The highest BCUT2D eigenvalue weighted by Crippen LogP contribution is 2.23. The zero-order chi connectivity index (χ0) is 38.5. The van der Waals surface area contributed by atoms with Gasteiger partial charge in [-0.15, -0.1) is 0 Å². The van der Waals surface area contributed by atoms with E-state index in [1.807, 2.05) is 84.9 Å². The molecule has 282 valence electrons. The molecule has 12 heteroatoms. The van der Waals surface area contributed by atoms with E-state index < -0.39 is 22.0 Å². The summed E-state index contributed by atoms with van der Waals surface area (Å²) in [5.41, 5.74) is 2.82. The van der Waals surface area contributed by atoms with Crippen molar-refractivity contribution >= 4 is 22.1 Å². The van der Waals surface area contributed by atoms with Crippen molar-refractivity contribution in [2.75, 3.05) is 19.7 Å². The number of benzene rings is 5. The molecule has 1 fully saturated rings. The van der Waals surface area contributed by atoms with Gasteiger partial charge in [-0.1, -0.05) is 91.0 Å².